The molecule has 2 heterocycles. The summed E-state index contributed by atoms with van der Waals surface area (Å²) in [6.45, 7) is 0. The van der Waals surface area contributed by atoms with Gasteiger partial charge in [0.05, 0.1) is 11.0 Å². The SMILES string of the molecule is c1ccc(-c2cccc(-c3nc(-c4ccccc4)nc(-c4cccc(-c5ccc(-n6c7ccccc7c7ccccc76)cc5)c4)n3)c2)cc1. The highest BCUT2D eigenvalue weighted by Crippen LogP contribution is 2.34. The van der Waals surface area contributed by atoms with Crippen LogP contribution in [0.2, 0.25) is 0 Å². The molecule has 0 aliphatic rings. The van der Waals surface area contributed by atoms with Crippen LogP contribution in [0.3, 0.4) is 0 Å². The molecular formula is C45H30N4. The molecule has 0 fully saturated rings. The molecule has 0 N–H and O–H groups in total. The summed E-state index contributed by atoms with van der Waals surface area (Å²) in [7, 11) is 0. The molecule has 9 aromatic rings. The number of hydrogen-bond donors (Lipinski definition) is 0. The van der Waals surface area contributed by atoms with Crippen LogP contribution in [0, 0.1) is 0 Å². The van der Waals surface area contributed by atoms with Gasteiger partial charge >= 0.3 is 0 Å². The fourth-order valence-electron chi connectivity index (χ4n) is 6.66. The van der Waals surface area contributed by atoms with Gasteiger partial charge in [0.2, 0.25) is 0 Å². The van der Waals surface area contributed by atoms with Crippen molar-refractivity contribution in [2.24, 2.45) is 0 Å². The molecule has 2 aromatic heterocycles. The average molecular weight is 627 g/mol. The quantitative estimate of drug-likeness (QED) is 0.184. The highest BCUT2D eigenvalue weighted by atomic mass is 15.0. The Balaban J connectivity index is 1.11. The van der Waals surface area contributed by atoms with Crippen molar-refractivity contribution in [1.82, 2.24) is 19.5 Å². The Bertz CT molecular complexity index is 2530. The van der Waals surface area contributed by atoms with Crippen molar-refractivity contribution < 1.29 is 0 Å². The minimum Gasteiger partial charge on any atom is -0.309 e. The third kappa shape index (κ3) is 5.35. The molecule has 0 atom stereocenters. The Morgan fingerprint density at radius 1 is 0.286 bits per heavy atom. The molecule has 0 aliphatic heterocycles. The fourth-order valence-corrected chi connectivity index (χ4v) is 6.66. The number of aromatic nitrogens is 4. The van der Waals surface area contributed by atoms with E-state index in [-0.39, 0.29) is 0 Å². The summed E-state index contributed by atoms with van der Waals surface area (Å²) >= 11 is 0. The van der Waals surface area contributed by atoms with Gasteiger partial charge in [-0.1, -0.05) is 146 Å². The van der Waals surface area contributed by atoms with E-state index >= 15 is 0 Å². The standard InChI is InChI=1S/C45H30N4/c1-3-13-31(14-4-1)34-17-11-19-36(29-34)44-46-43(33-15-5-2-6-16-33)47-45(48-44)37-20-12-18-35(30-37)32-25-27-38(28-26-32)49-41-23-9-7-21-39(41)40-22-8-10-24-42(40)49/h1-30H. The van der Waals surface area contributed by atoms with E-state index in [9.17, 15) is 0 Å². The van der Waals surface area contributed by atoms with E-state index in [0.717, 1.165) is 44.6 Å². The van der Waals surface area contributed by atoms with E-state index in [0.29, 0.717) is 17.5 Å². The van der Waals surface area contributed by atoms with Crippen LogP contribution < -0.4 is 0 Å². The maximum Gasteiger partial charge on any atom is 0.164 e. The molecule has 4 nitrogen and oxygen atoms in total. The minimum absolute atomic E-state index is 0.637. The van der Waals surface area contributed by atoms with E-state index in [1.807, 2.05) is 36.4 Å². The lowest BCUT2D eigenvalue weighted by Crippen LogP contribution is -2.00. The Morgan fingerprint density at radius 2 is 0.673 bits per heavy atom. The van der Waals surface area contributed by atoms with Crippen molar-refractivity contribution in [3.05, 3.63) is 182 Å². The highest BCUT2D eigenvalue weighted by molar-refractivity contribution is 6.09. The van der Waals surface area contributed by atoms with Crippen molar-refractivity contribution in [2.75, 3.05) is 0 Å². The average Bonchev–Trinajstić information content (AvgIpc) is 3.53. The lowest BCUT2D eigenvalue weighted by atomic mass is 10.0. The van der Waals surface area contributed by atoms with Crippen molar-refractivity contribution in [3.8, 4) is 62.1 Å². The van der Waals surface area contributed by atoms with Gasteiger partial charge in [-0.3, -0.25) is 0 Å². The molecular weight excluding hydrogens is 597 g/mol. The second kappa shape index (κ2) is 12.2. The number of nitrogens with zero attached hydrogens (tertiary/aromatic N) is 4. The molecule has 0 saturated heterocycles. The molecule has 0 radical (unpaired) electrons. The second-order valence-electron chi connectivity index (χ2n) is 12.1. The third-order valence-corrected chi connectivity index (χ3v) is 9.05. The molecule has 4 heteroatoms. The summed E-state index contributed by atoms with van der Waals surface area (Å²) in [6.07, 6.45) is 0. The van der Waals surface area contributed by atoms with E-state index in [1.54, 1.807) is 0 Å². The normalized spacial score (nSPS) is 11.3. The topological polar surface area (TPSA) is 43.6 Å². The molecule has 0 unspecified atom stereocenters. The number of fused-ring (bicyclic) bond motifs is 3. The van der Waals surface area contributed by atoms with Gasteiger partial charge in [-0.15, -0.1) is 0 Å². The molecule has 9 rings (SSSR count). The number of hydrogen-bond acceptors (Lipinski definition) is 3. The largest absolute Gasteiger partial charge is 0.309 e. The van der Waals surface area contributed by atoms with Crippen molar-refractivity contribution in [1.29, 1.82) is 0 Å². The summed E-state index contributed by atoms with van der Waals surface area (Å²) < 4.78 is 2.34. The first kappa shape index (κ1) is 28.6. The Labute approximate surface area is 284 Å². The lowest BCUT2D eigenvalue weighted by molar-refractivity contribution is 1.07. The van der Waals surface area contributed by atoms with Crippen LogP contribution in [0.15, 0.2) is 182 Å². The molecule has 0 saturated carbocycles. The zero-order chi connectivity index (χ0) is 32.6. The summed E-state index contributed by atoms with van der Waals surface area (Å²) in [5, 5.41) is 2.52. The first-order chi connectivity index (χ1) is 24.3. The van der Waals surface area contributed by atoms with Gasteiger partial charge in [-0.05, 0) is 58.7 Å². The predicted molar refractivity (Wildman–Crippen MR) is 201 cm³/mol. The molecule has 0 amide bonds. The van der Waals surface area contributed by atoms with Crippen LogP contribution in [-0.2, 0) is 0 Å². The Kier molecular flexibility index (Phi) is 7.10. The smallest absolute Gasteiger partial charge is 0.164 e. The van der Waals surface area contributed by atoms with Crippen LogP contribution in [-0.4, -0.2) is 19.5 Å². The van der Waals surface area contributed by atoms with E-state index in [1.165, 1.54) is 21.8 Å². The first-order valence-corrected chi connectivity index (χ1v) is 16.5. The van der Waals surface area contributed by atoms with Gasteiger partial charge in [0.15, 0.2) is 17.5 Å². The van der Waals surface area contributed by atoms with Crippen molar-refractivity contribution >= 4 is 21.8 Å². The summed E-state index contributed by atoms with van der Waals surface area (Å²) in [5.74, 6) is 1.92. The maximum absolute atomic E-state index is 5.05. The van der Waals surface area contributed by atoms with Crippen LogP contribution in [0.4, 0.5) is 0 Å². The van der Waals surface area contributed by atoms with Gasteiger partial charge < -0.3 is 4.57 Å². The van der Waals surface area contributed by atoms with Gasteiger partial charge in [-0.2, -0.15) is 0 Å². The summed E-state index contributed by atoms with van der Waals surface area (Å²) in [4.78, 5) is 15.0. The van der Waals surface area contributed by atoms with Crippen LogP contribution in [0.25, 0.3) is 83.9 Å². The van der Waals surface area contributed by atoms with E-state index in [2.05, 4.69) is 150 Å². The molecule has 0 aliphatic carbocycles. The Morgan fingerprint density at radius 3 is 1.20 bits per heavy atom. The van der Waals surface area contributed by atoms with Crippen molar-refractivity contribution in [2.45, 2.75) is 0 Å². The van der Waals surface area contributed by atoms with Crippen LogP contribution in [0.5, 0.6) is 0 Å². The van der Waals surface area contributed by atoms with Crippen molar-refractivity contribution in [3.63, 3.8) is 0 Å². The number of para-hydroxylation sites is 2. The van der Waals surface area contributed by atoms with E-state index in [4.69, 9.17) is 15.0 Å². The zero-order valence-corrected chi connectivity index (χ0v) is 26.6. The zero-order valence-electron chi connectivity index (χ0n) is 26.6. The van der Waals surface area contributed by atoms with Gasteiger partial charge in [-0.25, -0.2) is 15.0 Å². The second-order valence-corrected chi connectivity index (χ2v) is 12.1. The van der Waals surface area contributed by atoms with Gasteiger partial charge in [0, 0.05) is 33.2 Å². The first-order valence-electron chi connectivity index (χ1n) is 16.5. The Hall–Kier alpha value is -6.65. The van der Waals surface area contributed by atoms with E-state index < -0.39 is 0 Å². The predicted octanol–water partition coefficient (Wildman–Crippen LogP) is 11.3. The maximum atomic E-state index is 5.05. The molecule has 0 bridgehead atoms. The van der Waals surface area contributed by atoms with Crippen LogP contribution >= 0.6 is 0 Å². The highest BCUT2D eigenvalue weighted by Gasteiger charge is 2.15. The molecule has 7 aromatic carbocycles. The summed E-state index contributed by atoms with van der Waals surface area (Å²) in [6, 6.07) is 63.4. The molecule has 49 heavy (non-hydrogen) atoms. The lowest BCUT2D eigenvalue weighted by Gasteiger charge is -2.11. The third-order valence-electron chi connectivity index (χ3n) is 9.05. The number of rotatable bonds is 6. The van der Waals surface area contributed by atoms with Gasteiger partial charge in [0.25, 0.3) is 0 Å². The number of benzene rings is 7. The summed E-state index contributed by atoms with van der Waals surface area (Å²) in [5.41, 5.74) is 10.8. The minimum atomic E-state index is 0.637. The van der Waals surface area contributed by atoms with Crippen LogP contribution in [0.1, 0.15) is 0 Å². The van der Waals surface area contributed by atoms with Gasteiger partial charge in [0.1, 0.15) is 0 Å². The monoisotopic (exact) mass is 626 g/mol. The molecule has 0 spiro atoms. The molecule has 230 valence electrons. The fraction of sp³-hybridized carbons (Fsp3) is 0.